The molecule has 4 aromatic rings. The van der Waals surface area contributed by atoms with Gasteiger partial charge in [0.25, 0.3) is 5.91 Å². The van der Waals surface area contributed by atoms with Gasteiger partial charge in [-0.25, -0.2) is 9.67 Å². The molecular formula is C20H14Cl2N4OS. The Morgan fingerprint density at radius 2 is 1.89 bits per heavy atom. The molecule has 0 radical (unpaired) electrons. The van der Waals surface area contributed by atoms with Gasteiger partial charge in [-0.05, 0) is 11.6 Å². The van der Waals surface area contributed by atoms with Gasteiger partial charge in [0, 0.05) is 17.0 Å². The Bertz CT molecular complexity index is 1120. The van der Waals surface area contributed by atoms with Crippen molar-refractivity contribution in [2.75, 3.05) is 5.32 Å². The number of anilines is 1. The van der Waals surface area contributed by atoms with E-state index < -0.39 is 0 Å². The average Bonchev–Trinajstić information content (AvgIpc) is 3.36. The van der Waals surface area contributed by atoms with Crippen molar-refractivity contribution in [2.45, 2.75) is 6.54 Å². The molecule has 140 valence electrons. The fraction of sp³-hybridized carbons (Fsp3) is 0.0500. The molecule has 0 atom stereocenters. The number of carbonyl (C=O) groups is 1. The minimum absolute atomic E-state index is 0.294. The molecule has 0 aliphatic carbocycles. The number of nitrogens with zero attached hydrogens (tertiary/aromatic N) is 3. The number of thiazole rings is 1. The number of hydrogen-bond donors (Lipinski definition) is 1. The first-order valence-electron chi connectivity index (χ1n) is 8.39. The van der Waals surface area contributed by atoms with Gasteiger partial charge < -0.3 is 5.32 Å². The van der Waals surface area contributed by atoms with Gasteiger partial charge in [0.05, 0.1) is 22.8 Å². The van der Waals surface area contributed by atoms with Crippen LogP contribution >= 0.6 is 34.5 Å². The van der Waals surface area contributed by atoms with E-state index in [1.165, 1.54) is 11.3 Å². The van der Waals surface area contributed by atoms with Crippen LogP contribution in [-0.2, 0) is 6.54 Å². The summed E-state index contributed by atoms with van der Waals surface area (Å²) in [7, 11) is 0. The lowest BCUT2D eigenvalue weighted by molar-refractivity contribution is 0.102. The molecule has 4 rings (SSSR count). The van der Waals surface area contributed by atoms with Crippen molar-refractivity contribution >= 4 is 46.3 Å². The lowest BCUT2D eigenvalue weighted by Gasteiger charge is -2.10. The van der Waals surface area contributed by atoms with Crippen LogP contribution < -0.4 is 5.32 Å². The van der Waals surface area contributed by atoms with Crippen molar-refractivity contribution < 1.29 is 4.79 Å². The third-order valence-corrected chi connectivity index (χ3v) is 5.82. The van der Waals surface area contributed by atoms with Crippen LogP contribution in [0, 0.1) is 0 Å². The van der Waals surface area contributed by atoms with E-state index in [-0.39, 0.29) is 5.91 Å². The van der Waals surface area contributed by atoms with Gasteiger partial charge in [-0.2, -0.15) is 5.10 Å². The van der Waals surface area contributed by atoms with Crippen LogP contribution in [0.25, 0.3) is 10.6 Å². The molecule has 5 nitrogen and oxygen atoms in total. The summed E-state index contributed by atoms with van der Waals surface area (Å²) in [6.45, 7) is 0.383. The number of halogens is 2. The maximum Gasteiger partial charge on any atom is 0.276 e. The summed E-state index contributed by atoms with van der Waals surface area (Å²) < 4.78 is 1.65. The number of benzene rings is 2. The van der Waals surface area contributed by atoms with E-state index in [2.05, 4.69) is 15.4 Å². The second kappa shape index (κ2) is 8.14. The zero-order chi connectivity index (χ0) is 19.5. The van der Waals surface area contributed by atoms with E-state index in [0.717, 1.165) is 16.1 Å². The maximum absolute atomic E-state index is 12.6. The van der Waals surface area contributed by atoms with E-state index in [1.807, 2.05) is 42.5 Å². The molecule has 0 unspecified atom stereocenters. The highest BCUT2D eigenvalue weighted by molar-refractivity contribution is 7.13. The van der Waals surface area contributed by atoms with Crippen LogP contribution in [0.4, 0.5) is 5.82 Å². The van der Waals surface area contributed by atoms with Crippen molar-refractivity contribution in [2.24, 2.45) is 0 Å². The lowest BCUT2D eigenvalue weighted by atomic mass is 10.2. The normalized spacial score (nSPS) is 10.8. The second-order valence-electron chi connectivity index (χ2n) is 5.95. The molecule has 0 fully saturated rings. The van der Waals surface area contributed by atoms with Gasteiger partial charge in [0.1, 0.15) is 16.5 Å². The number of nitrogens with one attached hydrogen (secondary N) is 1. The van der Waals surface area contributed by atoms with Crippen molar-refractivity contribution in [3.63, 3.8) is 0 Å². The van der Waals surface area contributed by atoms with Gasteiger partial charge >= 0.3 is 0 Å². The highest BCUT2D eigenvalue weighted by atomic mass is 35.5. The highest BCUT2D eigenvalue weighted by Gasteiger charge is 2.15. The van der Waals surface area contributed by atoms with E-state index in [4.69, 9.17) is 23.2 Å². The van der Waals surface area contributed by atoms with Gasteiger partial charge in [-0.1, -0.05) is 65.7 Å². The molecule has 2 aromatic carbocycles. The first-order chi connectivity index (χ1) is 13.6. The number of hydrogen-bond acceptors (Lipinski definition) is 4. The molecule has 0 saturated carbocycles. The summed E-state index contributed by atoms with van der Waals surface area (Å²) in [5, 5.41) is 10.6. The first kappa shape index (κ1) is 18.7. The molecule has 28 heavy (non-hydrogen) atoms. The molecule has 0 bridgehead atoms. The van der Waals surface area contributed by atoms with Crippen LogP contribution in [0.15, 0.2) is 66.2 Å². The van der Waals surface area contributed by atoms with Gasteiger partial charge in [-0.15, -0.1) is 11.3 Å². The van der Waals surface area contributed by atoms with Crippen LogP contribution in [0.3, 0.4) is 0 Å². The molecule has 0 spiro atoms. The molecule has 0 aliphatic heterocycles. The average molecular weight is 429 g/mol. The van der Waals surface area contributed by atoms with E-state index in [9.17, 15) is 4.79 Å². The van der Waals surface area contributed by atoms with Crippen LogP contribution in [0.5, 0.6) is 0 Å². The summed E-state index contributed by atoms with van der Waals surface area (Å²) >= 11 is 13.8. The Morgan fingerprint density at radius 3 is 2.71 bits per heavy atom. The number of amides is 1. The highest BCUT2D eigenvalue weighted by Crippen LogP contribution is 2.27. The summed E-state index contributed by atoms with van der Waals surface area (Å²) in [5.74, 6) is 0.257. The molecule has 0 saturated heterocycles. The zero-order valence-electron chi connectivity index (χ0n) is 14.5. The summed E-state index contributed by atoms with van der Waals surface area (Å²) in [5.41, 5.74) is 2.15. The molecule has 2 aromatic heterocycles. The fourth-order valence-electron chi connectivity index (χ4n) is 2.67. The number of carbonyl (C=O) groups excluding carboxylic acids is 1. The fourth-order valence-corrected chi connectivity index (χ4v) is 3.85. The minimum Gasteiger partial charge on any atom is -0.305 e. The molecule has 2 heterocycles. The third-order valence-electron chi connectivity index (χ3n) is 4.07. The van der Waals surface area contributed by atoms with Crippen LogP contribution in [0.1, 0.15) is 16.1 Å². The Morgan fingerprint density at radius 1 is 1.07 bits per heavy atom. The quantitative estimate of drug-likeness (QED) is 0.448. The van der Waals surface area contributed by atoms with Crippen molar-refractivity contribution in [3.05, 3.63) is 87.5 Å². The van der Waals surface area contributed by atoms with E-state index in [0.29, 0.717) is 28.1 Å². The first-order valence-corrected chi connectivity index (χ1v) is 10.0. The van der Waals surface area contributed by atoms with Gasteiger partial charge in [0.15, 0.2) is 0 Å². The molecular weight excluding hydrogens is 415 g/mol. The molecule has 1 N–H and O–H groups in total. The maximum atomic E-state index is 12.6. The Hall–Kier alpha value is -2.67. The van der Waals surface area contributed by atoms with Crippen LogP contribution in [0.2, 0.25) is 10.0 Å². The Kier molecular flexibility index (Phi) is 5.43. The molecule has 1 amide bonds. The molecule has 0 aliphatic rings. The van der Waals surface area contributed by atoms with Gasteiger partial charge in [-0.3, -0.25) is 4.79 Å². The third kappa shape index (κ3) is 3.94. The summed E-state index contributed by atoms with van der Waals surface area (Å²) in [6, 6.07) is 16.9. The monoisotopic (exact) mass is 428 g/mol. The Balaban J connectivity index is 1.51. The Labute approximate surface area is 175 Å². The topological polar surface area (TPSA) is 59.8 Å². The molecule has 8 heteroatoms. The standard InChI is InChI=1S/C20H14Cl2N4OS/c21-15-8-4-7-14(18(15)22)11-26-17(9-10-23-26)25-19(27)16-12-28-20(24-16)13-5-2-1-3-6-13/h1-10,12H,11H2,(H,25,27). The number of rotatable bonds is 5. The predicted octanol–water partition coefficient (Wildman–Crippen LogP) is 5.61. The van der Waals surface area contributed by atoms with Gasteiger partial charge in [0.2, 0.25) is 0 Å². The number of aromatic nitrogens is 3. The van der Waals surface area contributed by atoms with Crippen molar-refractivity contribution in [3.8, 4) is 10.6 Å². The van der Waals surface area contributed by atoms with Crippen LogP contribution in [-0.4, -0.2) is 20.7 Å². The zero-order valence-corrected chi connectivity index (χ0v) is 16.8. The lowest BCUT2D eigenvalue weighted by Crippen LogP contribution is -2.16. The largest absolute Gasteiger partial charge is 0.305 e. The van der Waals surface area contributed by atoms with Crippen molar-refractivity contribution in [1.29, 1.82) is 0 Å². The van der Waals surface area contributed by atoms with E-state index >= 15 is 0 Å². The minimum atomic E-state index is -0.294. The smallest absolute Gasteiger partial charge is 0.276 e. The second-order valence-corrected chi connectivity index (χ2v) is 7.59. The summed E-state index contributed by atoms with van der Waals surface area (Å²) in [6.07, 6.45) is 1.62. The predicted molar refractivity (Wildman–Crippen MR) is 113 cm³/mol. The van der Waals surface area contributed by atoms with E-state index in [1.54, 1.807) is 28.4 Å². The van der Waals surface area contributed by atoms with Crippen molar-refractivity contribution in [1.82, 2.24) is 14.8 Å². The SMILES string of the molecule is O=C(Nc1ccnn1Cc1cccc(Cl)c1Cl)c1csc(-c2ccccc2)n1. The summed E-state index contributed by atoms with van der Waals surface area (Å²) in [4.78, 5) is 17.1.